The Balaban J connectivity index is 0.000000720. The van der Waals surface area contributed by atoms with Crippen molar-refractivity contribution in [3.05, 3.63) is 24.7 Å². The molecule has 2 aromatic heterocycles. The zero-order valence-corrected chi connectivity index (χ0v) is 7.78. The van der Waals surface area contributed by atoms with Crippen LogP contribution in [0.3, 0.4) is 0 Å². The monoisotopic (exact) mass is 183 g/mol. The fourth-order valence-electron chi connectivity index (χ4n) is 1.23. The first-order chi connectivity index (χ1) is 5.29. The molecular weight excluding hydrogens is 174 g/mol. The van der Waals surface area contributed by atoms with E-state index in [0.717, 1.165) is 11.2 Å². The lowest BCUT2D eigenvalue weighted by molar-refractivity contribution is -0.646. The maximum Gasteiger partial charge on any atom is 0.348 e. The number of pyridine rings is 1. The fraction of sp³-hybridized carbons (Fsp3) is 0.250. The Morgan fingerprint density at radius 3 is 2.92 bits per heavy atom. The zero-order valence-electron chi connectivity index (χ0n) is 7.03. The number of rotatable bonds is 0. The molecule has 0 aliphatic carbocycles. The molecule has 0 amide bonds. The number of hydrogen-bond donors (Lipinski definition) is 0. The normalized spacial score (nSPS) is 9.83. The highest BCUT2D eigenvalue weighted by atomic mass is 35.5. The van der Waals surface area contributed by atoms with Gasteiger partial charge < -0.3 is 17.0 Å². The number of imidazole rings is 1. The summed E-state index contributed by atoms with van der Waals surface area (Å²) in [6, 6.07) is 4.08. The predicted molar refractivity (Wildman–Crippen MR) is 41.9 cm³/mol. The van der Waals surface area contributed by atoms with Gasteiger partial charge in [0.2, 0.25) is 6.33 Å². The highest BCUT2D eigenvalue weighted by Gasteiger charge is 2.08. The lowest BCUT2D eigenvalue weighted by Crippen LogP contribution is -3.00. The molecule has 0 aliphatic rings. The second-order valence-electron chi connectivity index (χ2n) is 2.68. The van der Waals surface area contributed by atoms with Gasteiger partial charge in [0.25, 0.3) is 0 Å². The molecule has 0 saturated heterocycles. The van der Waals surface area contributed by atoms with E-state index < -0.39 is 0 Å². The first-order valence-electron chi connectivity index (χ1n) is 3.55. The third kappa shape index (κ3) is 1.16. The maximum atomic E-state index is 4.24. The molecule has 0 aliphatic heterocycles. The summed E-state index contributed by atoms with van der Waals surface area (Å²) in [6.07, 6.45) is 3.82. The molecule has 2 heterocycles. The van der Waals surface area contributed by atoms with E-state index in [9.17, 15) is 0 Å². The largest absolute Gasteiger partial charge is 1.00 e. The van der Waals surface area contributed by atoms with Crippen LogP contribution in [0.5, 0.6) is 0 Å². The predicted octanol–water partition coefficient (Wildman–Crippen LogP) is -2.60. The molecule has 3 nitrogen and oxygen atoms in total. The molecule has 2 rings (SSSR count). The van der Waals surface area contributed by atoms with Crippen LogP contribution in [-0.4, -0.2) is 9.55 Å². The van der Waals surface area contributed by atoms with E-state index in [4.69, 9.17) is 0 Å². The van der Waals surface area contributed by atoms with Gasteiger partial charge in [-0.1, -0.05) is 0 Å². The van der Waals surface area contributed by atoms with Crippen molar-refractivity contribution in [2.75, 3.05) is 0 Å². The van der Waals surface area contributed by atoms with Crippen LogP contribution in [0.1, 0.15) is 0 Å². The summed E-state index contributed by atoms with van der Waals surface area (Å²) >= 11 is 0. The minimum absolute atomic E-state index is 0. The smallest absolute Gasteiger partial charge is 0.348 e. The summed E-state index contributed by atoms with van der Waals surface area (Å²) < 4.78 is 4.02. The summed E-state index contributed by atoms with van der Waals surface area (Å²) in [5.41, 5.74) is 2.19. The molecule has 4 heteroatoms. The Morgan fingerprint density at radius 2 is 2.25 bits per heavy atom. The van der Waals surface area contributed by atoms with Crippen molar-refractivity contribution in [1.82, 2.24) is 9.55 Å². The lowest BCUT2D eigenvalue weighted by atomic mass is 10.4. The molecule has 0 bridgehead atoms. The van der Waals surface area contributed by atoms with Gasteiger partial charge in [-0.3, -0.25) is 0 Å². The third-order valence-electron chi connectivity index (χ3n) is 1.86. The minimum Gasteiger partial charge on any atom is -1.00 e. The number of nitrogens with zero attached hydrogens (tertiary/aromatic N) is 3. The standard InChI is InChI=1S/C8H10N3.ClH/c1-10-5-3-4-7-8(10)9-6-11(7)2;/h3-6H,1-2H3;1H/q+1;/p-1. The Kier molecular flexibility index (Phi) is 2.33. The van der Waals surface area contributed by atoms with Gasteiger partial charge in [-0.2, -0.15) is 0 Å². The van der Waals surface area contributed by atoms with E-state index in [1.807, 2.05) is 41.8 Å². The van der Waals surface area contributed by atoms with Gasteiger partial charge in [-0.15, -0.1) is 0 Å². The molecule has 64 valence electrons. The number of fused-ring (bicyclic) bond motifs is 1. The van der Waals surface area contributed by atoms with Crippen LogP contribution in [0.2, 0.25) is 0 Å². The van der Waals surface area contributed by atoms with E-state index in [2.05, 4.69) is 11.1 Å². The van der Waals surface area contributed by atoms with Gasteiger partial charge in [-0.05, 0) is 17.1 Å². The summed E-state index contributed by atoms with van der Waals surface area (Å²) in [5, 5.41) is 0. The average molecular weight is 184 g/mol. The van der Waals surface area contributed by atoms with Gasteiger partial charge in [0.05, 0.1) is 13.2 Å². The lowest BCUT2D eigenvalue weighted by Gasteiger charge is -1.90. The zero-order chi connectivity index (χ0) is 7.84. The van der Waals surface area contributed by atoms with Crippen molar-refractivity contribution < 1.29 is 17.0 Å². The van der Waals surface area contributed by atoms with Crippen molar-refractivity contribution in [2.45, 2.75) is 0 Å². The van der Waals surface area contributed by atoms with Crippen molar-refractivity contribution in [2.24, 2.45) is 14.1 Å². The second-order valence-corrected chi connectivity index (χ2v) is 2.68. The highest BCUT2D eigenvalue weighted by molar-refractivity contribution is 5.66. The van der Waals surface area contributed by atoms with Gasteiger partial charge in [0.1, 0.15) is 5.52 Å². The van der Waals surface area contributed by atoms with E-state index in [0.29, 0.717) is 0 Å². The fourth-order valence-corrected chi connectivity index (χ4v) is 1.23. The topological polar surface area (TPSA) is 21.7 Å². The van der Waals surface area contributed by atoms with Crippen LogP contribution in [0.4, 0.5) is 0 Å². The number of hydrogen-bond acceptors (Lipinski definition) is 1. The van der Waals surface area contributed by atoms with E-state index in [1.165, 1.54) is 0 Å². The first-order valence-corrected chi connectivity index (χ1v) is 3.55. The molecule has 2 aromatic rings. The third-order valence-corrected chi connectivity index (χ3v) is 1.86. The Hall–Kier alpha value is -1.09. The number of halogens is 1. The van der Waals surface area contributed by atoms with Crippen molar-refractivity contribution in [3.8, 4) is 0 Å². The summed E-state index contributed by atoms with van der Waals surface area (Å²) in [7, 11) is 3.99. The maximum absolute atomic E-state index is 4.24. The van der Waals surface area contributed by atoms with Gasteiger partial charge >= 0.3 is 5.65 Å². The summed E-state index contributed by atoms with van der Waals surface area (Å²) in [5.74, 6) is 0. The Bertz CT molecular complexity index is 394. The minimum atomic E-state index is 0. The average Bonchev–Trinajstić information content (AvgIpc) is 2.35. The quantitative estimate of drug-likeness (QED) is 0.411. The van der Waals surface area contributed by atoms with Crippen molar-refractivity contribution >= 4 is 11.2 Å². The van der Waals surface area contributed by atoms with Gasteiger partial charge in [0, 0.05) is 7.05 Å². The van der Waals surface area contributed by atoms with Crippen LogP contribution in [0.25, 0.3) is 11.2 Å². The molecule has 12 heavy (non-hydrogen) atoms. The molecule has 0 saturated carbocycles. The van der Waals surface area contributed by atoms with E-state index >= 15 is 0 Å². The van der Waals surface area contributed by atoms with Crippen LogP contribution >= 0.6 is 0 Å². The molecule has 0 N–H and O–H groups in total. The molecule has 0 spiro atoms. The van der Waals surface area contributed by atoms with E-state index in [-0.39, 0.29) is 12.4 Å². The summed E-state index contributed by atoms with van der Waals surface area (Å²) in [6.45, 7) is 0. The number of aryl methyl sites for hydroxylation is 2. The molecule has 0 fully saturated rings. The number of aromatic nitrogens is 3. The Morgan fingerprint density at radius 1 is 1.50 bits per heavy atom. The van der Waals surface area contributed by atoms with Crippen molar-refractivity contribution in [3.63, 3.8) is 0 Å². The molecule has 0 aromatic carbocycles. The molecule has 0 unspecified atom stereocenters. The summed E-state index contributed by atoms with van der Waals surface area (Å²) in [4.78, 5) is 4.24. The van der Waals surface area contributed by atoms with Crippen LogP contribution in [0.15, 0.2) is 24.7 Å². The van der Waals surface area contributed by atoms with E-state index in [1.54, 1.807) is 0 Å². The molecule has 0 atom stereocenters. The van der Waals surface area contributed by atoms with Crippen LogP contribution in [0, 0.1) is 0 Å². The van der Waals surface area contributed by atoms with Crippen LogP contribution < -0.4 is 17.0 Å². The first kappa shape index (κ1) is 9.00. The highest BCUT2D eigenvalue weighted by Crippen LogP contribution is 2.03. The second kappa shape index (κ2) is 3.11. The SMILES string of the molecule is Cn1cnc2c1ccc[n+]2C.[Cl-]. The molecular formula is C8H10ClN3. The molecule has 0 radical (unpaired) electrons. The Labute approximate surface area is 77.1 Å². The van der Waals surface area contributed by atoms with Gasteiger partial charge in [-0.25, -0.2) is 4.57 Å². The van der Waals surface area contributed by atoms with Crippen molar-refractivity contribution in [1.29, 1.82) is 0 Å². The van der Waals surface area contributed by atoms with Crippen LogP contribution in [-0.2, 0) is 14.1 Å². The van der Waals surface area contributed by atoms with Gasteiger partial charge in [0.15, 0.2) is 0 Å².